The van der Waals surface area contributed by atoms with Crippen LogP contribution < -0.4 is 4.74 Å². The molecule has 0 amide bonds. The molecule has 0 saturated heterocycles. The summed E-state index contributed by atoms with van der Waals surface area (Å²) < 4.78 is 24.3. The van der Waals surface area contributed by atoms with Crippen LogP contribution in [0.2, 0.25) is 0 Å². The zero-order chi connectivity index (χ0) is 9.84. The van der Waals surface area contributed by atoms with Gasteiger partial charge in [-0.2, -0.15) is 0 Å². The molecule has 0 radical (unpaired) electrons. The number of hydrogen-bond donors (Lipinski definition) is 1. The smallest absolute Gasteiger partial charge is 0.157 e. The highest BCUT2D eigenvalue weighted by Gasteiger charge is 2.03. The summed E-state index contributed by atoms with van der Waals surface area (Å²) in [6.07, 6.45) is 0. The average molecular weight is 200 g/mol. The van der Waals surface area contributed by atoms with Gasteiger partial charge in [-0.05, 0) is 30.2 Å². The van der Waals surface area contributed by atoms with Gasteiger partial charge in [0.15, 0.2) is 11.1 Å². The van der Waals surface area contributed by atoms with Crippen LogP contribution in [0.3, 0.4) is 0 Å². The maximum atomic E-state index is 10.6. The Balaban J connectivity index is 2.96. The molecule has 4 heteroatoms. The van der Waals surface area contributed by atoms with Gasteiger partial charge in [0.2, 0.25) is 0 Å². The van der Waals surface area contributed by atoms with Crippen molar-refractivity contribution in [2.45, 2.75) is 12.7 Å². The maximum absolute atomic E-state index is 10.6. The van der Waals surface area contributed by atoms with E-state index in [1.807, 2.05) is 19.1 Å². The predicted molar refractivity (Wildman–Crippen MR) is 52.2 cm³/mol. The average Bonchev–Trinajstić information content (AvgIpc) is 2.08. The van der Waals surface area contributed by atoms with Crippen LogP contribution in [0.25, 0.3) is 0 Å². The third kappa shape index (κ3) is 2.82. The molecule has 1 rings (SSSR count). The van der Waals surface area contributed by atoms with Crippen molar-refractivity contribution >= 4 is 11.1 Å². The first-order valence-corrected chi connectivity index (χ1v) is 5.12. The molecule has 0 aliphatic rings. The Bertz CT molecular complexity index is 323. The summed E-state index contributed by atoms with van der Waals surface area (Å²) in [5, 5.41) is 0. The normalized spacial score (nSPS) is 12.5. The Morgan fingerprint density at radius 3 is 2.77 bits per heavy atom. The second-order valence-corrected chi connectivity index (χ2v) is 3.69. The van der Waals surface area contributed by atoms with Crippen LogP contribution in [0.4, 0.5) is 0 Å². The molecule has 72 valence electrons. The predicted octanol–water partition coefficient (Wildman–Crippen LogP) is 1.73. The minimum atomic E-state index is -1.79. The molecule has 1 atom stereocenters. The van der Waals surface area contributed by atoms with Crippen molar-refractivity contribution in [1.82, 2.24) is 0 Å². The quantitative estimate of drug-likeness (QED) is 0.756. The summed E-state index contributed by atoms with van der Waals surface area (Å²) in [5.74, 6) is 0.870. The molecule has 13 heavy (non-hydrogen) atoms. The summed E-state index contributed by atoms with van der Waals surface area (Å²) in [5.41, 5.74) is 1.85. The minimum absolute atomic E-state index is 0.156. The Hall–Kier alpha value is -0.870. The fourth-order valence-electron chi connectivity index (χ4n) is 1.06. The minimum Gasteiger partial charge on any atom is -0.497 e. The van der Waals surface area contributed by atoms with Gasteiger partial charge in [0.1, 0.15) is 5.75 Å². The maximum Gasteiger partial charge on any atom is 0.157 e. The largest absolute Gasteiger partial charge is 0.497 e. The van der Waals surface area contributed by atoms with Crippen LogP contribution in [-0.4, -0.2) is 15.9 Å². The van der Waals surface area contributed by atoms with Gasteiger partial charge in [0.05, 0.1) is 12.9 Å². The summed E-state index contributed by atoms with van der Waals surface area (Å²) in [4.78, 5) is 0. The van der Waals surface area contributed by atoms with Crippen molar-refractivity contribution in [2.75, 3.05) is 7.11 Å². The zero-order valence-electron chi connectivity index (χ0n) is 7.61. The Morgan fingerprint density at radius 1 is 1.54 bits per heavy atom. The number of methoxy groups -OCH3 is 1. The fraction of sp³-hybridized carbons (Fsp3) is 0.333. The van der Waals surface area contributed by atoms with Gasteiger partial charge in [0, 0.05) is 0 Å². The standard InChI is InChI=1S/C9H12O3S/c1-7-3-4-9(12-2)5-8(7)6-13(10)11/h3-5H,6H2,1-2H3,(H,10,11). The van der Waals surface area contributed by atoms with Crippen LogP contribution in [0.15, 0.2) is 18.2 Å². The Morgan fingerprint density at radius 2 is 2.23 bits per heavy atom. The van der Waals surface area contributed by atoms with E-state index in [2.05, 4.69) is 0 Å². The first-order valence-electron chi connectivity index (χ1n) is 3.84. The molecule has 1 aromatic rings. The van der Waals surface area contributed by atoms with Crippen LogP contribution in [-0.2, 0) is 16.8 Å². The summed E-state index contributed by atoms with van der Waals surface area (Å²) in [7, 11) is 1.57. The van der Waals surface area contributed by atoms with E-state index in [1.165, 1.54) is 0 Å². The van der Waals surface area contributed by atoms with E-state index in [0.29, 0.717) is 5.75 Å². The SMILES string of the molecule is COc1ccc(C)c(CS(=O)O)c1. The topological polar surface area (TPSA) is 46.5 Å². The van der Waals surface area contributed by atoms with E-state index in [4.69, 9.17) is 9.29 Å². The molecule has 0 aliphatic carbocycles. The van der Waals surface area contributed by atoms with Crippen molar-refractivity contribution in [3.63, 3.8) is 0 Å². The molecule has 1 aromatic carbocycles. The second-order valence-electron chi connectivity index (χ2n) is 2.76. The van der Waals surface area contributed by atoms with Crippen LogP contribution in [0, 0.1) is 6.92 Å². The van der Waals surface area contributed by atoms with E-state index in [9.17, 15) is 4.21 Å². The fourth-order valence-corrected chi connectivity index (χ4v) is 1.64. The molecule has 0 bridgehead atoms. The lowest BCUT2D eigenvalue weighted by Gasteiger charge is -2.05. The first kappa shape index (κ1) is 10.2. The van der Waals surface area contributed by atoms with Crippen molar-refractivity contribution in [3.8, 4) is 5.75 Å². The third-order valence-corrected chi connectivity index (χ3v) is 2.39. The Kier molecular flexibility index (Phi) is 3.45. The van der Waals surface area contributed by atoms with Crippen molar-refractivity contribution < 1.29 is 13.5 Å². The highest BCUT2D eigenvalue weighted by Crippen LogP contribution is 2.17. The third-order valence-electron chi connectivity index (χ3n) is 1.84. The van der Waals surface area contributed by atoms with E-state index < -0.39 is 11.1 Å². The van der Waals surface area contributed by atoms with E-state index in [1.54, 1.807) is 13.2 Å². The van der Waals surface area contributed by atoms with Crippen molar-refractivity contribution in [1.29, 1.82) is 0 Å². The van der Waals surface area contributed by atoms with Gasteiger partial charge >= 0.3 is 0 Å². The monoisotopic (exact) mass is 200 g/mol. The highest BCUT2D eigenvalue weighted by molar-refractivity contribution is 7.78. The van der Waals surface area contributed by atoms with E-state index in [0.717, 1.165) is 11.1 Å². The molecule has 0 spiro atoms. The molecular weight excluding hydrogens is 188 g/mol. The van der Waals surface area contributed by atoms with Crippen molar-refractivity contribution in [3.05, 3.63) is 29.3 Å². The lowest BCUT2D eigenvalue weighted by molar-refractivity contribution is 0.414. The highest BCUT2D eigenvalue weighted by atomic mass is 32.2. The van der Waals surface area contributed by atoms with Gasteiger partial charge in [-0.3, -0.25) is 0 Å². The van der Waals surface area contributed by atoms with Crippen molar-refractivity contribution in [2.24, 2.45) is 0 Å². The number of hydrogen-bond acceptors (Lipinski definition) is 2. The molecule has 0 fully saturated rings. The molecule has 0 aromatic heterocycles. The molecular formula is C9H12O3S. The lowest BCUT2D eigenvalue weighted by atomic mass is 10.1. The van der Waals surface area contributed by atoms with Crippen LogP contribution >= 0.6 is 0 Å². The van der Waals surface area contributed by atoms with Gasteiger partial charge in [0.25, 0.3) is 0 Å². The van der Waals surface area contributed by atoms with Gasteiger partial charge in [-0.15, -0.1) is 0 Å². The zero-order valence-corrected chi connectivity index (χ0v) is 8.43. The molecule has 3 nitrogen and oxygen atoms in total. The molecule has 1 N–H and O–H groups in total. The van der Waals surface area contributed by atoms with Gasteiger partial charge in [-0.1, -0.05) is 6.07 Å². The molecule has 0 aliphatic heterocycles. The summed E-state index contributed by atoms with van der Waals surface area (Å²) in [6, 6.07) is 5.49. The molecule has 0 saturated carbocycles. The van der Waals surface area contributed by atoms with Gasteiger partial charge in [-0.25, -0.2) is 4.21 Å². The molecule has 0 heterocycles. The number of ether oxygens (including phenoxy) is 1. The lowest BCUT2D eigenvalue weighted by Crippen LogP contribution is -1.96. The molecule has 1 unspecified atom stereocenters. The van der Waals surface area contributed by atoms with Gasteiger partial charge < -0.3 is 9.29 Å². The van der Waals surface area contributed by atoms with E-state index >= 15 is 0 Å². The first-order chi connectivity index (χ1) is 6.13. The van der Waals surface area contributed by atoms with E-state index in [-0.39, 0.29) is 5.75 Å². The Labute approximate surface area is 80.0 Å². The van der Waals surface area contributed by atoms with Crippen LogP contribution in [0.5, 0.6) is 5.75 Å². The number of aryl methyl sites for hydroxylation is 1. The summed E-state index contributed by atoms with van der Waals surface area (Å²) >= 11 is -1.79. The summed E-state index contributed by atoms with van der Waals surface area (Å²) in [6.45, 7) is 1.90. The number of rotatable bonds is 3. The second kappa shape index (κ2) is 4.39. The van der Waals surface area contributed by atoms with Crippen LogP contribution in [0.1, 0.15) is 11.1 Å². The number of benzene rings is 1.